The van der Waals surface area contributed by atoms with Crippen LogP contribution in [0.25, 0.3) is 0 Å². The van der Waals surface area contributed by atoms with Crippen molar-refractivity contribution >= 4 is 6.09 Å². The maximum atomic E-state index is 11.4. The van der Waals surface area contributed by atoms with Gasteiger partial charge >= 0.3 is 6.09 Å². The third kappa shape index (κ3) is 8.24. The Hall–Kier alpha value is -0.770. The zero-order chi connectivity index (χ0) is 11.7. The molecule has 0 saturated carbocycles. The zero-order valence-electron chi connectivity index (χ0n) is 10.2. The summed E-state index contributed by atoms with van der Waals surface area (Å²) in [6.07, 6.45) is 2.86. The molecule has 0 aromatic carbocycles. The Morgan fingerprint density at radius 3 is 2.53 bits per heavy atom. The Morgan fingerprint density at radius 1 is 1.33 bits per heavy atom. The van der Waals surface area contributed by atoms with E-state index in [0.717, 1.165) is 32.4 Å². The van der Waals surface area contributed by atoms with Gasteiger partial charge < -0.3 is 15.4 Å². The Balaban J connectivity index is 3.51. The molecule has 0 radical (unpaired) electrons. The average Bonchev–Trinajstić information content (AvgIpc) is 2.20. The van der Waals surface area contributed by atoms with Crippen LogP contribution < -0.4 is 5.73 Å². The maximum absolute atomic E-state index is 11.4. The average molecular weight is 216 g/mol. The number of ether oxygens (including phenoxy) is 1. The summed E-state index contributed by atoms with van der Waals surface area (Å²) in [5.74, 6) is 0.389. The molecule has 0 aliphatic heterocycles. The molecule has 0 atom stereocenters. The zero-order valence-corrected chi connectivity index (χ0v) is 10.2. The first kappa shape index (κ1) is 14.2. The Bertz CT molecular complexity index is 172. The van der Waals surface area contributed by atoms with Crippen LogP contribution in [0.4, 0.5) is 4.79 Å². The van der Waals surface area contributed by atoms with Crippen molar-refractivity contribution < 1.29 is 9.53 Å². The minimum atomic E-state index is -0.226. The molecule has 0 aromatic rings. The fourth-order valence-corrected chi connectivity index (χ4v) is 1.11. The molecule has 4 heteroatoms. The lowest BCUT2D eigenvalue weighted by atomic mass is 10.2. The standard InChI is InChI=1S/C11H24N2O2/c1-10(2)9-15-11(14)13(3)8-6-4-5-7-12/h10H,4-9,12H2,1-3H3. The van der Waals surface area contributed by atoms with Gasteiger partial charge in [0, 0.05) is 13.6 Å². The number of rotatable bonds is 7. The van der Waals surface area contributed by atoms with Crippen LogP contribution in [0, 0.1) is 5.92 Å². The van der Waals surface area contributed by atoms with Crippen LogP contribution in [0.3, 0.4) is 0 Å². The highest BCUT2D eigenvalue weighted by molar-refractivity contribution is 5.67. The summed E-state index contributed by atoms with van der Waals surface area (Å²) in [6.45, 7) is 6.01. The van der Waals surface area contributed by atoms with E-state index < -0.39 is 0 Å². The molecule has 0 spiro atoms. The fraction of sp³-hybridized carbons (Fsp3) is 0.909. The molecule has 0 unspecified atom stereocenters. The van der Waals surface area contributed by atoms with Crippen molar-refractivity contribution in [3.05, 3.63) is 0 Å². The summed E-state index contributed by atoms with van der Waals surface area (Å²) >= 11 is 0. The van der Waals surface area contributed by atoms with Gasteiger partial charge in [-0.05, 0) is 25.3 Å². The molecule has 0 heterocycles. The van der Waals surface area contributed by atoms with E-state index in [1.165, 1.54) is 0 Å². The van der Waals surface area contributed by atoms with Crippen LogP contribution in [-0.4, -0.2) is 37.7 Å². The van der Waals surface area contributed by atoms with Gasteiger partial charge in [0.1, 0.15) is 0 Å². The van der Waals surface area contributed by atoms with Crippen molar-refractivity contribution in [2.45, 2.75) is 33.1 Å². The minimum absolute atomic E-state index is 0.226. The highest BCUT2D eigenvalue weighted by atomic mass is 16.6. The number of carbonyl (C=O) groups is 1. The van der Waals surface area contributed by atoms with Gasteiger partial charge in [0.2, 0.25) is 0 Å². The summed E-state index contributed by atoms with van der Waals surface area (Å²) in [5.41, 5.74) is 5.38. The predicted molar refractivity (Wildman–Crippen MR) is 61.7 cm³/mol. The number of carbonyl (C=O) groups excluding carboxylic acids is 1. The van der Waals surface area contributed by atoms with E-state index in [4.69, 9.17) is 10.5 Å². The van der Waals surface area contributed by atoms with Gasteiger partial charge in [0.15, 0.2) is 0 Å². The topological polar surface area (TPSA) is 55.6 Å². The van der Waals surface area contributed by atoms with Gasteiger partial charge in [-0.1, -0.05) is 20.3 Å². The molecule has 90 valence electrons. The molecule has 4 nitrogen and oxygen atoms in total. The van der Waals surface area contributed by atoms with Crippen LogP contribution in [-0.2, 0) is 4.74 Å². The quantitative estimate of drug-likeness (QED) is 0.661. The predicted octanol–water partition coefficient (Wildman–Crippen LogP) is 1.84. The molecular formula is C11H24N2O2. The Labute approximate surface area is 92.8 Å². The van der Waals surface area contributed by atoms with Crippen molar-refractivity contribution in [2.24, 2.45) is 11.7 Å². The Kier molecular flexibility index (Phi) is 8.09. The van der Waals surface area contributed by atoms with E-state index in [2.05, 4.69) is 0 Å². The van der Waals surface area contributed by atoms with E-state index in [1.807, 2.05) is 13.8 Å². The largest absolute Gasteiger partial charge is 0.449 e. The summed E-state index contributed by atoms with van der Waals surface area (Å²) in [6, 6.07) is 0. The molecule has 0 aromatic heterocycles. The smallest absolute Gasteiger partial charge is 0.409 e. The summed E-state index contributed by atoms with van der Waals surface area (Å²) in [5, 5.41) is 0. The van der Waals surface area contributed by atoms with Crippen molar-refractivity contribution in [1.29, 1.82) is 0 Å². The maximum Gasteiger partial charge on any atom is 0.409 e. The van der Waals surface area contributed by atoms with Gasteiger partial charge in [-0.25, -0.2) is 4.79 Å². The lowest BCUT2D eigenvalue weighted by Crippen LogP contribution is -2.29. The third-order valence-electron chi connectivity index (χ3n) is 2.05. The van der Waals surface area contributed by atoms with Crippen LogP contribution in [0.15, 0.2) is 0 Å². The highest BCUT2D eigenvalue weighted by Gasteiger charge is 2.09. The van der Waals surface area contributed by atoms with Crippen LogP contribution in [0.2, 0.25) is 0 Å². The van der Waals surface area contributed by atoms with Crippen LogP contribution in [0.1, 0.15) is 33.1 Å². The number of hydrogen-bond acceptors (Lipinski definition) is 3. The summed E-state index contributed by atoms with van der Waals surface area (Å²) < 4.78 is 5.08. The number of unbranched alkanes of at least 4 members (excludes halogenated alkanes) is 2. The lowest BCUT2D eigenvalue weighted by molar-refractivity contribution is 0.0994. The molecule has 0 rings (SSSR count). The van der Waals surface area contributed by atoms with Gasteiger partial charge in [-0.3, -0.25) is 0 Å². The second-order valence-electron chi connectivity index (χ2n) is 4.24. The van der Waals surface area contributed by atoms with E-state index >= 15 is 0 Å². The van der Waals surface area contributed by atoms with Gasteiger partial charge in [-0.2, -0.15) is 0 Å². The number of nitrogens with two attached hydrogens (primary N) is 1. The first-order valence-electron chi connectivity index (χ1n) is 5.66. The third-order valence-corrected chi connectivity index (χ3v) is 2.05. The molecule has 0 fully saturated rings. The van der Waals surface area contributed by atoms with E-state index in [9.17, 15) is 4.79 Å². The number of nitrogens with zero attached hydrogens (tertiary/aromatic N) is 1. The van der Waals surface area contributed by atoms with Crippen molar-refractivity contribution in [3.63, 3.8) is 0 Å². The molecule has 15 heavy (non-hydrogen) atoms. The lowest BCUT2D eigenvalue weighted by Gasteiger charge is -2.17. The monoisotopic (exact) mass is 216 g/mol. The normalized spacial score (nSPS) is 10.5. The molecule has 0 aliphatic carbocycles. The van der Waals surface area contributed by atoms with Crippen LogP contribution in [0.5, 0.6) is 0 Å². The summed E-state index contributed by atoms with van der Waals surface area (Å²) in [7, 11) is 1.77. The van der Waals surface area contributed by atoms with Gasteiger partial charge in [0.05, 0.1) is 6.61 Å². The van der Waals surface area contributed by atoms with Gasteiger partial charge in [0.25, 0.3) is 0 Å². The van der Waals surface area contributed by atoms with Gasteiger partial charge in [-0.15, -0.1) is 0 Å². The SMILES string of the molecule is CC(C)COC(=O)N(C)CCCCCN. The summed E-state index contributed by atoms with van der Waals surface area (Å²) in [4.78, 5) is 13.0. The van der Waals surface area contributed by atoms with Crippen molar-refractivity contribution in [1.82, 2.24) is 4.90 Å². The van der Waals surface area contributed by atoms with Crippen molar-refractivity contribution in [2.75, 3.05) is 26.7 Å². The minimum Gasteiger partial charge on any atom is -0.449 e. The molecule has 2 N–H and O–H groups in total. The molecule has 1 amide bonds. The molecular weight excluding hydrogens is 192 g/mol. The van der Waals surface area contributed by atoms with E-state index in [-0.39, 0.29) is 6.09 Å². The van der Waals surface area contributed by atoms with E-state index in [0.29, 0.717) is 12.5 Å². The van der Waals surface area contributed by atoms with E-state index in [1.54, 1.807) is 11.9 Å². The Morgan fingerprint density at radius 2 is 2.00 bits per heavy atom. The molecule has 0 bridgehead atoms. The number of hydrogen-bond donors (Lipinski definition) is 1. The molecule has 0 aliphatic rings. The highest BCUT2D eigenvalue weighted by Crippen LogP contribution is 2.00. The molecule has 0 saturated heterocycles. The number of amides is 1. The fourth-order valence-electron chi connectivity index (χ4n) is 1.11. The second kappa shape index (κ2) is 8.53. The second-order valence-corrected chi connectivity index (χ2v) is 4.24. The van der Waals surface area contributed by atoms with Crippen LogP contribution >= 0.6 is 0 Å². The first-order valence-corrected chi connectivity index (χ1v) is 5.66. The first-order chi connectivity index (χ1) is 7.07. The van der Waals surface area contributed by atoms with Crippen molar-refractivity contribution in [3.8, 4) is 0 Å².